The van der Waals surface area contributed by atoms with E-state index in [-0.39, 0.29) is 23.0 Å². The van der Waals surface area contributed by atoms with E-state index in [0.717, 1.165) is 0 Å². The molecule has 2 rings (SSSR count). The van der Waals surface area contributed by atoms with Gasteiger partial charge in [-0.2, -0.15) is 0 Å². The third kappa shape index (κ3) is 4.76. The molecule has 0 bridgehead atoms. The molecule has 0 amide bonds. The van der Waals surface area contributed by atoms with E-state index in [9.17, 15) is 19.8 Å². The largest absolute Gasteiger partial charge is 0.546 e. The SMILES string of the molecule is COc1cc(C(=O)/C=C/c2ccc(OCC(=O)[O-])c(OC)c2)ccc1O. The van der Waals surface area contributed by atoms with Crippen LogP contribution in [0.2, 0.25) is 0 Å². The predicted molar refractivity (Wildman–Crippen MR) is 91.5 cm³/mol. The van der Waals surface area contributed by atoms with Gasteiger partial charge in [-0.3, -0.25) is 4.79 Å². The lowest BCUT2D eigenvalue weighted by molar-refractivity contribution is -0.307. The molecule has 0 atom stereocenters. The topological polar surface area (TPSA) is 105 Å². The summed E-state index contributed by atoms with van der Waals surface area (Å²) in [6.45, 7) is -0.591. The number of carboxylic acid groups (broad SMARTS) is 1. The van der Waals surface area contributed by atoms with Crippen LogP contribution in [0.4, 0.5) is 0 Å². The Labute approximate surface area is 150 Å². The van der Waals surface area contributed by atoms with Gasteiger partial charge in [-0.15, -0.1) is 0 Å². The lowest BCUT2D eigenvalue weighted by atomic mass is 10.1. The Balaban J connectivity index is 2.16. The van der Waals surface area contributed by atoms with Crippen LogP contribution in [0, 0.1) is 0 Å². The molecule has 2 aromatic rings. The number of methoxy groups -OCH3 is 2. The van der Waals surface area contributed by atoms with Crippen LogP contribution in [-0.2, 0) is 4.79 Å². The van der Waals surface area contributed by atoms with E-state index in [2.05, 4.69) is 0 Å². The number of hydrogen-bond acceptors (Lipinski definition) is 7. The molecule has 0 aromatic heterocycles. The van der Waals surface area contributed by atoms with Crippen LogP contribution >= 0.6 is 0 Å². The number of ether oxygens (including phenoxy) is 3. The second-order valence-corrected chi connectivity index (χ2v) is 5.16. The molecule has 0 aliphatic carbocycles. The summed E-state index contributed by atoms with van der Waals surface area (Å²) in [6.07, 6.45) is 2.94. The fourth-order valence-electron chi connectivity index (χ4n) is 2.14. The summed E-state index contributed by atoms with van der Waals surface area (Å²) < 4.78 is 15.2. The molecular formula is C19H17O7-. The highest BCUT2D eigenvalue weighted by atomic mass is 16.5. The van der Waals surface area contributed by atoms with Crippen molar-refractivity contribution in [3.05, 3.63) is 53.6 Å². The first-order valence-corrected chi connectivity index (χ1v) is 7.54. The number of aliphatic carboxylic acids is 1. The molecule has 0 aliphatic heterocycles. The zero-order valence-electron chi connectivity index (χ0n) is 14.2. The minimum atomic E-state index is -1.34. The Morgan fingerprint density at radius 1 is 1.04 bits per heavy atom. The molecule has 0 saturated carbocycles. The minimum absolute atomic E-state index is 0.0510. The van der Waals surface area contributed by atoms with Crippen molar-refractivity contribution in [2.75, 3.05) is 20.8 Å². The van der Waals surface area contributed by atoms with Gasteiger partial charge < -0.3 is 29.2 Å². The van der Waals surface area contributed by atoms with Crippen molar-refractivity contribution < 1.29 is 34.0 Å². The van der Waals surface area contributed by atoms with E-state index in [1.165, 1.54) is 44.6 Å². The maximum absolute atomic E-state index is 12.2. The van der Waals surface area contributed by atoms with Gasteiger partial charge in [0.1, 0.15) is 6.61 Å². The number of benzene rings is 2. The number of phenols is 1. The zero-order valence-corrected chi connectivity index (χ0v) is 14.2. The fraction of sp³-hybridized carbons (Fsp3) is 0.158. The number of carboxylic acids is 1. The normalized spacial score (nSPS) is 10.5. The number of hydrogen-bond donors (Lipinski definition) is 1. The lowest BCUT2D eigenvalue weighted by Crippen LogP contribution is -2.29. The summed E-state index contributed by atoms with van der Waals surface area (Å²) in [5.41, 5.74) is 1.01. The molecule has 26 heavy (non-hydrogen) atoms. The summed E-state index contributed by atoms with van der Waals surface area (Å²) >= 11 is 0. The maximum Gasteiger partial charge on any atom is 0.185 e. The van der Waals surface area contributed by atoms with Gasteiger partial charge in [-0.05, 0) is 42.0 Å². The van der Waals surface area contributed by atoms with Crippen LogP contribution in [0.15, 0.2) is 42.5 Å². The van der Waals surface area contributed by atoms with Crippen LogP contribution < -0.4 is 19.3 Å². The Morgan fingerprint density at radius 3 is 2.42 bits per heavy atom. The maximum atomic E-state index is 12.2. The Morgan fingerprint density at radius 2 is 1.77 bits per heavy atom. The van der Waals surface area contributed by atoms with Crippen LogP contribution in [0.5, 0.6) is 23.0 Å². The van der Waals surface area contributed by atoms with Crippen molar-refractivity contribution >= 4 is 17.8 Å². The monoisotopic (exact) mass is 357 g/mol. The number of carbonyl (C=O) groups is 2. The number of allylic oxidation sites excluding steroid dienone is 1. The Hall–Kier alpha value is -3.48. The number of carbonyl (C=O) groups excluding carboxylic acids is 2. The third-order valence-electron chi connectivity index (χ3n) is 3.42. The van der Waals surface area contributed by atoms with E-state index < -0.39 is 12.6 Å². The molecule has 0 fully saturated rings. The summed E-state index contributed by atoms with van der Waals surface area (Å²) in [5, 5.41) is 20.0. The van der Waals surface area contributed by atoms with Gasteiger partial charge in [0.2, 0.25) is 0 Å². The van der Waals surface area contributed by atoms with E-state index in [4.69, 9.17) is 14.2 Å². The van der Waals surface area contributed by atoms with Gasteiger partial charge in [0.05, 0.1) is 20.2 Å². The van der Waals surface area contributed by atoms with Gasteiger partial charge in [0.25, 0.3) is 0 Å². The Kier molecular flexibility index (Phi) is 6.21. The highest BCUT2D eigenvalue weighted by Crippen LogP contribution is 2.29. The highest BCUT2D eigenvalue weighted by molar-refractivity contribution is 6.07. The van der Waals surface area contributed by atoms with Crippen LogP contribution in [-0.4, -0.2) is 37.7 Å². The minimum Gasteiger partial charge on any atom is -0.546 e. The van der Waals surface area contributed by atoms with E-state index >= 15 is 0 Å². The van der Waals surface area contributed by atoms with Crippen molar-refractivity contribution in [2.45, 2.75) is 0 Å². The summed E-state index contributed by atoms with van der Waals surface area (Å²) in [5.74, 6) is -0.883. The molecule has 2 aromatic carbocycles. The predicted octanol–water partition coefficient (Wildman–Crippen LogP) is 1.43. The zero-order chi connectivity index (χ0) is 19.1. The average molecular weight is 357 g/mol. The van der Waals surface area contributed by atoms with Crippen molar-refractivity contribution in [3.63, 3.8) is 0 Å². The fourth-order valence-corrected chi connectivity index (χ4v) is 2.14. The van der Waals surface area contributed by atoms with Gasteiger partial charge in [0.15, 0.2) is 28.8 Å². The molecule has 0 saturated heterocycles. The van der Waals surface area contributed by atoms with Crippen LogP contribution in [0.3, 0.4) is 0 Å². The lowest BCUT2D eigenvalue weighted by Gasteiger charge is -2.11. The van der Waals surface area contributed by atoms with Crippen LogP contribution in [0.25, 0.3) is 6.08 Å². The number of ketones is 1. The van der Waals surface area contributed by atoms with Crippen LogP contribution in [0.1, 0.15) is 15.9 Å². The first kappa shape index (κ1) is 18.9. The molecule has 136 valence electrons. The molecular weight excluding hydrogens is 340 g/mol. The van der Waals surface area contributed by atoms with Gasteiger partial charge in [-0.1, -0.05) is 12.1 Å². The van der Waals surface area contributed by atoms with Crippen molar-refractivity contribution in [1.82, 2.24) is 0 Å². The molecule has 7 nitrogen and oxygen atoms in total. The van der Waals surface area contributed by atoms with Gasteiger partial charge in [0, 0.05) is 5.56 Å². The van der Waals surface area contributed by atoms with E-state index in [1.807, 2.05) is 0 Å². The Bertz CT molecular complexity index is 840. The smallest absolute Gasteiger partial charge is 0.185 e. The molecule has 0 aliphatic rings. The molecule has 0 unspecified atom stereocenters. The van der Waals surface area contributed by atoms with Gasteiger partial charge >= 0.3 is 0 Å². The summed E-state index contributed by atoms with van der Waals surface area (Å²) in [7, 11) is 2.82. The van der Waals surface area contributed by atoms with E-state index in [0.29, 0.717) is 16.9 Å². The second-order valence-electron chi connectivity index (χ2n) is 5.16. The first-order valence-electron chi connectivity index (χ1n) is 7.54. The first-order chi connectivity index (χ1) is 12.4. The van der Waals surface area contributed by atoms with E-state index in [1.54, 1.807) is 18.2 Å². The standard InChI is InChI=1S/C19H18O7/c1-24-17-10-13(5-7-15(17)21)14(20)6-3-12-4-8-16(18(9-12)25-2)26-11-19(22)23/h3-10,21H,11H2,1-2H3,(H,22,23)/p-1/b6-3+. The molecule has 7 heteroatoms. The second kappa shape index (κ2) is 8.57. The molecule has 0 heterocycles. The highest BCUT2D eigenvalue weighted by Gasteiger charge is 2.08. The molecule has 1 N–H and O–H groups in total. The van der Waals surface area contributed by atoms with Crippen molar-refractivity contribution in [1.29, 1.82) is 0 Å². The average Bonchev–Trinajstić information content (AvgIpc) is 2.64. The number of phenolic OH excluding ortho intramolecular Hbond substituents is 1. The summed E-state index contributed by atoms with van der Waals surface area (Å²) in [6, 6.07) is 9.10. The third-order valence-corrected chi connectivity index (χ3v) is 3.42. The molecule has 0 radical (unpaired) electrons. The number of aromatic hydroxyl groups is 1. The van der Waals surface area contributed by atoms with Gasteiger partial charge in [-0.25, -0.2) is 0 Å². The quantitative estimate of drug-likeness (QED) is 0.563. The molecule has 0 spiro atoms. The summed E-state index contributed by atoms with van der Waals surface area (Å²) in [4.78, 5) is 22.7. The van der Waals surface area contributed by atoms with Crippen molar-refractivity contribution in [3.8, 4) is 23.0 Å². The van der Waals surface area contributed by atoms with Crippen molar-refractivity contribution in [2.24, 2.45) is 0 Å². The number of rotatable bonds is 8.